The highest BCUT2D eigenvalue weighted by Gasteiger charge is 2.25. The van der Waals surface area contributed by atoms with Crippen molar-refractivity contribution in [3.63, 3.8) is 0 Å². The van der Waals surface area contributed by atoms with Crippen LogP contribution in [0.5, 0.6) is 0 Å². The highest BCUT2D eigenvalue weighted by Crippen LogP contribution is 2.26. The second kappa shape index (κ2) is 7.31. The van der Waals surface area contributed by atoms with Gasteiger partial charge in [-0.3, -0.25) is 14.5 Å². The molecule has 0 bridgehead atoms. The largest absolute Gasteiger partial charge is 0.339 e. The number of nitrogens with zero attached hydrogens (tertiary/aromatic N) is 3. The van der Waals surface area contributed by atoms with Crippen LogP contribution >= 0.6 is 11.3 Å². The van der Waals surface area contributed by atoms with Crippen molar-refractivity contribution in [2.24, 2.45) is 0 Å². The molecule has 0 N–H and O–H groups in total. The number of benzene rings is 1. The second-order valence-corrected chi connectivity index (χ2v) is 7.02. The lowest BCUT2D eigenvalue weighted by molar-refractivity contribution is -0.131. The molecule has 2 aromatic rings. The summed E-state index contributed by atoms with van der Waals surface area (Å²) in [6, 6.07) is 5.99. The molecule has 5 nitrogen and oxygen atoms in total. The minimum Gasteiger partial charge on any atom is -0.339 e. The Morgan fingerprint density at radius 2 is 2.12 bits per heavy atom. The molecule has 1 saturated heterocycles. The van der Waals surface area contributed by atoms with E-state index in [-0.39, 0.29) is 30.1 Å². The predicted octanol–water partition coefficient (Wildman–Crippen LogP) is 3.17. The Hall–Kier alpha value is -2.28. The standard InChI is InChI=1S/C18H20FN3O2S/c1-12(13-5-7-14(19)8-6-13)21(2)17(24)10-15-11-25-18(20-15)22-9-3-4-16(22)23/h5-8,11-12H,3-4,9-10H2,1-2H3/t12-/m1/s1. The van der Waals surface area contributed by atoms with E-state index in [4.69, 9.17) is 0 Å². The number of anilines is 1. The first-order valence-corrected chi connectivity index (χ1v) is 9.09. The molecule has 1 aromatic heterocycles. The summed E-state index contributed by atoms with van der Waals surface area (Å²) < 4.78 is 13.0. The highest BCUT2D eigenvalue weighted by molar-refractivity contribution is 7.14. The summed E-state index contributed by atoms with van der Waals surface area (Å²) in [6.07, 6.45) is 1.59. The van der Waals surface area contributed by atoms with Gasteiger partial charge in [0, 0.05) is 25.4 Å². The molecule has 1 aliphatic heterocycles. The van der Waals surface area contributed by atoms with E-state index in [1.807, 2.05) is 12.3 Å². The molecule has 0 unspecified atom stereocenters. The van der Waals surface area contributed by atoms with E-state index >= 15 is 0 Å². The zero-order valence-corrected chi connectivity index (χ0v) is 15.1. The Bertz CT molecular complexity index is 775. The number of hydrogen-bond acceptors (Lipinski definition) is 4. The fourth-order valence-electron chi connectivity index (χ4n) is 2.81. The van der Waals surface area contributed by atoms with Gasteiger partial charge in [0.15, 0.2) is 5.13 Å². The molecule has 1 fully saturated rings. The van der Waals surface area contributed by atoms with Crippen LogP contribution in [0.1, 0.15) is 37.1 Å². The van der Waals surface area contributed by atoms with Gasteiger partial charge in [-0.25, -0.2) is 9.37 Å². The monoisotopic (exact) mass is 361 g/mol. The van der Waals surface area contributed by atoms with Gasteiger partial charge in [0.25, 0.3) is 0 Å². The van der Waals surface area contributed by atoms with Gasteiger partial charge in [-0.2, -0.15) is 0 Å². The lowest BCUT2D eigenvalue weighted by atomic mass is 10.1. The van der Waals surface area contributed by atoms with Gasteiger partial charge in [0.2, 0.25) is 11.8 Å². The molecule has 3 rings (SSSR count). The smallest absolute Gasteiger partial charge is 0.228 e. The fraction of sp³-hybridized carbons (Fsp3) is 0.389. The number of likely N-dealkylation sites (N-methyl/N-ethyl adjacent to an activating group) is 1. The van der Waals surface area contributed by atoms with Crippen LogP contribution in [0.4, 0.5) is 9.52 Å². The molecule has 1 atom stereocenters. The Balaban J connectivity index is 1.64. The van der Waals surface area contributed by atoms with E-state index in [1.165, 1.54) is 23.5 Å². The maximum absolute atomic E-state index is 13.0. The van der Waals surface area contributed by atoms with Crippen molar-refractivity contribution in [1.29, 1.82) is 0 Å². The predicted molar refractivity (Wildman–Crippen MR) is 95.0 cm³/mol. The molecule has 0 spiro atoms. The number of rotatable bonds is 5. The van der Waals surface area contributed by atoms with Crippen LogP contribution in [0, 0.1) is 5.82 Å². The average Bonchev–Trinajstić information content (AvgIpc) is 3.22. The van der Waals surface area contributed by atoms with Crippen molar-refractivity contribution in [1.82, 2.24) is 9.88 Å². The van der Waals surface area contributed by atoms with E-state index in [2.05, 4.69) is 4.98 Å². The Kier molecular flexibility index (Phi) is 5.13. The maximum atomic E-state index is 13.0. The maximum Gasteiger partial charge on any atom is 0.228 e. The highest BCUT2D eigenvalue weighted by atomic mass is 32.1. The molecule has 1 aliphatic rings. The fourth-order valence-corrected chi connectivity index (χ4v) is 3.68. The number of hydrogen-bond donors (Lipinski definition) is 0. The first kappa shape index (κ1) is 17.5. The van der Waals surface area contributed by atoms with Crippen LogP contribution in [0.2, 0.25) is 0 Å². The molecule has 2 heterocycles. The molecule has 25 heavy (non-hydrogen) atoms. The number of halogens is 1. The van der Waals surface area contributed by atoms with Crippen molar-refractivity contribution >= 4 is 28.3 Å². The van der Waals surface area contributed by atoms with Gasteiger partial charge in [-0.15, -0.1) is 11.3 Å². The average molecular weight is 361 g/mol. The third kappa shape index (κ3) is 3.87. The number of carbonyl (C=O) groups excluding carboxylic acids is 2. The van der Waals surface area contributed by atoms with Crippen LogP contribution in [-0.4, -0.2) is 35.3 Å². The van der Waals surface area contributed by atoms with Crippen LogP contribution in [0.3, 0.4) is 0 Å². The molecule has 0 radical (unpaired) electrons. The van der Waals surface area contributed by atoms with Crippen LogP contribution in [0.15, 0.2) is 29.6 Å². The van der Waals surface area contributed by atoms with E-state index in [1.54, 1.807) is 29.0 Å². The molecule has 7 heteroatoms. The Labute approximate surface area is 150 Å². The summed E-state index contributed by atoms with van der Waals surface area (Å²) in [4.78, 5) is 32.1. The molecular formula is C18H20FN3O2S. The first-order chi connectivity index (χ1) is 12.0. The Morgan fingerprint density at radius 1 is 1.40 bits per heavy atom. The Morgan fingerprint density at radius 3 is 2.76 bits per heavy atom. The summed E-state index contributed by atoms with van der Waals surface area (Å²) in [5, 5.41) is 2.49. The zero-order valence-electron chi connectivity index (χ0n) is 14.2. The summed E-state index contributed by atoms with van der Waals surface area (Å²) in [7, 11) is 1.73. The summed E-state index contributed by atoms with van der Waals surface area (Å²) in [6.45, 7) is 2.60. The van der Waals surface area contributed by atoms with Gasteiger partial charge in [0.05, 0.1) is 18.2 Å². The first-order valence-electron chi connectivity index (χ1n) is 8.21. The minimum atomic E-state index is -0.295. The van der Waals surface area contributed by atoms with Crippen molar-refractivity contribution in [2.75, 3.05) is 18.5 Å². The normalized spacial score (nSPS) is 15.5. The third-order valence-corrected chi connectivity index (χ3v) is 5.42. The van der Waals surface area contributed by atoms with Gasteiger partial charge in [-0.1, -0.05) is 12.1 Å². The molecule has 1 aromatic carbocycles. The minimum absolute atomic E-state index is 0.0681. The van der Waals surface area contributed by atoms with Gasteiger partial charge in [-0.05, 0) is 31.0 Å². The number of aromatic nitrogens is 1. The van der Waals surface area contributed by atoms with Crippen molar-refractivity contribution in [2.45, 2.75) is 32.2 Å². The van der Waals surface area contributed by atoms with Crippen LogP contribution in [0.25, 0.3) is 0 Å². The second-order valence-electron chi connectivity index (χ2n) is 6.18. The van der Waals surface area contributed by atoms with Crippen molar-refractivity contribution in [3.8, 4) is 0 Å². The lowest BCUT2D eigenvalue weighted by Gasteiger charge is -2.25. The van der Waals surface area contributed by atoms with E-state index in [0.717, 1.165) is 12.0 Å². The van der Waals surface area contributed by atoms with Crippen molar-refractivity contribution in [3.05, 3.63) is 46.7 Å². The van der Waals surface area contributed by atoms with Gasteiger partial charge >= 0.3 is 0 Å². The molecule has 132 valence electrons. The molecule has 0 saturated carbocycles. The van der Waals surface area contributed by atoms with Crippen LogP contribution in [-0.2, 0) is 16.0 Å². The molecule has 2 amide bonds. The summed E-state index contributed by atoms with van der Waals surface area (Å²) in [5.74, 6) is -0.271. The van der Waals surface area contributed by atoms with E-state index < -0.39 is 0 Å². The molecule has 0 aliphatic carbocycles. The van der Waals surface area contributed by atoms with Crippen molar-refractivity contribution < 1.29 is 14.0 Å². The quantitative estimate of drug-likeness (QED) is 0.822. The zero-order chi connectivity index (χ0) is 18.0. The summed E-state index contributed by atoms with van der Waals surface area (Å²) >= 11 is 1.39. The van der Waals surface area contributed by atoms with Gasteiger partial charge in [0.1, 0.15) is 5.82 Å². The SMILES string of the molecule is C[C@H](c1ccc(F)cc1)N(C)C(=O)Cc1csc(N2CCCC2=O)n1. The molecular weight excluding hydrogens is 341 g/mol. The third-order valence-electron chi connectivity index (χ3n) is 4.50. The lowest BCUT2D eigenvalue weighted by Crippen LogP contribution is -2.31. The van der Waals surface area contributed by atoms with E-state index in [0.29, 0.717) is 23.8 Å². The van der Waals surface area contributed by atoms with Crippen LogP contribution < -0.4 is 4.90 Å². The number of carbonyl (C=O) groups is 2. The summed E-state index contributed by atoms with van der Waals surface area (Å²) in [5.41, 5.74) is 1.54. The number of thiazole rings is 1. The number of amides is 2. The topological polar surface area (TPSA) is 53.5 Å². The van der Waals surface area contributed by atoms with E-state index in [9.17, 15) is 14.0 Å². The van der Waals surface area contributed by atoms with Gasteiger partial charge < -0.3 is 4.90 Å².